The Morgan fingerprint density at radius 1 is 1.16 bits per heavy atom. The van der Waals surface area contributed by atoms with Crippen molar-refractivity contribution >= 4 is 23.2 Å². The van der Waals surface area contributed by atoms with Gasteiger partial charge in [-0.05, 0) is 46.6 Å². The molecule has 0 unspecified atom stereocenters. The molecule has 1 heterocycles. The zero-order chi connectivity index (χ0) is 18.8. The standard InChI is InChI=1S/C17H24N4O4/c1-16(2)9-12(10-17(3,4)20-16)19-15(23)14(22)18-11-6-5-7-13(8-11)21(24)25/h5-8,12,20H,9-10H2,1-4H3,(H,18,22)(H,19,23). The second kappa shape index (κ2) is 6.79. The van der Waals surface area contributed by atoms with Crippen LogP contribution < -0.4 is 16.0 Å². The first-order valence-electron chi connectivity index (χ1n) is 8.13. The first-order chi connectivity index (χ1) is 11.5. The number of carbonyl (C=O) groups excluding carboxylic acids is 2. The first-order valence-corrected chi connectivity index (χ1v) is 8.13. The molecule has 2 amide bonds. The molecule has 1 fully saturated rings. The fourth-order valence-corrected chi connectivity index (χ4v) is 3.56. The molecule has 1 saturated heterocycles. The Morgan fingerprint density at radius 3 is 2.32 bits per heavy atom. The number of anilines is 1. The van der Waals surface area contributed by atoms with Crippen LogP contribution in [-0.4, -0.2) is 33.9 Å². The number of benzene rings is 1. The van der Waals surface area contributed by atoms with E-state index in [1.54, 1.807) is 0 Å². The number of carbonyl (C=O) groups is 2. The lowest BCUT2D eigenvalue weighted by atomic mass is 9.79. The van der Waals surface area contributed by atoms with Gasteiger partial charge in [-0.3, -0.25) is 19.7 Å². The SMILES string of the molecule is CC1(C)CC(NC(=O)C(=O)Nc2cccc([N+](=O)[O-])c2)CC(C)(C)N1. The van der Waals surface area contributed by atoms with Gasteiger partial charge in [0.2, 0.25) is 0 Å². The van der Waals surface area contributed by atoms with Gasteiger partial charge < -0.3 is 16.0 Å². The van der Waals surface area contributed by atoms with E-state index in [4.69, 9.17) is 0 Å². The summed E-state index contributed by atoms with van der Waals surface area (Å²) in [6, 6.07) is 5.34. The van der Waals surface area contributed by atoms with Crippen LogP contribution in [0.1, 0.15) is 40.5 Å². The maximum absolute atomic E-state index is 12.2. The number of nitro benzene ring substituents is 1. The van der Waals surface area contributed by atoms with Gasteiger partial charge in [0.1, 0.15) is 0 Å². The summed E-state index contributed by atoms with van der Waals surface area (Å²) in [6.07, 6.45) is 1.40. The van der Waals surface area contributed by atoms with Crippen LogP contribution in [0.5, 0.6) is 0 Å². The largest absolute Gasteiger partial charge is 0.345 e. The molecule has 0 aromatic heterocycles. The van der Waals surface area contributed by atoms with Gasteiger partial charge in [-0.25, -0.2) is 0 Å². The molecule has 3 N–H and O–H groups in total. The second-order valence-corrected chi connectivity index (χ2v) is 7.73. The number of nitrogens with one attached hydrogen (secondary N) is 3. The smallest absolute Gasteiger partial charge is 0.313 e. The molecule has 8 heteroatoms. The highest BCUT2D eigenvalue weighted by Gasteiger charge is 2.38. The van der Waals surface area contributed by atoms with Crippen molar-refractivity contribution in [3.05, 3.63) is 34.4 Å². The highest BCUT2D eigenvalue weighted by molar-refractivity contribution is 6.39. The zero-order valence-electron chi connectivity index (χ0n) is 14.9. The summed E-state index contributed by atoms with van der Waals surface area (Å²) in [5.41, 5.74) is -0.257. The number of amides is 2. The van der Waals surface area contributed by atoms with E-state index >= 15 is 0 Å². The van der Waals surface area contributed by atoms with Crippen LogP contribution in [0.4, 0.5) is 11.4 Å². The van der Waals surface area contributed by atoms with Crippen molar-refractivity contribution < 1.29 is 14.5 Å². The molecule has 2 rings (SSSR count). The van der Waals surface area contributed by atoms with Gasteiger partial charge in [0, 0.05) is 34.9 Å². The molecule has 1 aliphatic heterocycles. The van der Waals surface area contributed by atoms with Crippen molar-refractivity contribution in [2.24, 2.45) is 0 Å². The van der Waals surface area contributed by atoms with Gasteiger partial charge in [-0.15, -0.1) is 0 Å². The van der Waals surface area contributed by atoms with E-state index in [2.05, 4.69) is 43.6 Å². The third-order valence-electron chi connectivity index (χ3n) is 4.05. The number of hydrogen-bond donors (Lipinski definition) is 3. The minimum Gasteiger partial charge on any atom is -0.345 e. The quantitative estimate of drug-likeness (QED) is 0.439. The van der Waals surface area contributed by atoms with Crippen LogP contribution in [0, 0.1) is 10.1 Å². The van der Waals surface area contributed by atoms with E-state index in [1.165, 1.54) is 24.3 Å². The zero-order valence-corrected chi connectivity index (χ0v) is 14.9. The van der Waals surface area contributed by atoms with Gasteiger partial charge >= 0.3 is 11.8 Å². The van der Waals surface area contributed by atoms with Crippen LogP contribution in [0.15, 0.2) is 24.3 Å². The fourth-order valence-electron chi connectivity index (χ4n) is 3.56. The van der Waals surface area contributed by atoms with Crippen molar-refractivity contribution in [2.45, 2.75) is 57.7 Å². The van der Waals surface area contributed by atoms with Crippen LogP contribution >= 0.6 is 0 Å². The van der Waals surface area contributed by atoms with E-state index in [1.807, 2.05) is 0 Å². The van der Waals surface area contributed by atoms with E-state index < -0.39 is 16.7 Å². The molecule has 25 heavy (non-hydrogen) atoms. The molecule has 0 atom stereocenters. The van der Waals surface area contributed by atoms with Crippen molar-refractivity contribution in [2.75, 3.05) is 5.32 Å². The van der Waals surface area contributed by atoms with Crippen LogP contribution in [0.3, 0.4) is 0 Å². The molecule has 0 saturated carbocycles. The summed E-state index contributed by atoms with van der Waals surface area (Å²) < 4.78 is 0. The van der Waals surface area contributed by atoms with Crippen LogP contribution in [0.25, 0.3) is 0 Å². The van der Waals surface area contributed by atoms with Crippen molar-refractivity contribution in [3.63, 3.8) is 0 Å². The Morgan fingerprint density at radius 2 is 1.76 bits per heavy atom. The lowest BCUT2D eigenvalue weighted by Crippen LogP contribution is -2.62. The molecule has 1 aromatic rings. The van der Waals surface area contributed by atoms with Gasteiger partial charge in [0.15, 0.2) is 0 Å². The predicted molar refractivity (Wildman–Crippen MR) is 94.2 cm³/mol. The third kappa shape index (κ3) is 5.25. The van der Waals surface area contributed by atoms with Gasteiger partial charge in [0.25, 0.3) is 5.69 Å². The average molecular weight is 348 g/mol. The van der Waals surface area contributed by atoms with Gasteiger partial charge in [0.05, 0.1) is 4.92 Å². The van der Waals surface area contributed by atoms with E-state index in [-0.39, 0.29) is 28.5 Å². The van der Waals surface area contributed by atoms with Crippen molar-refractivity contribution in [1.29, 1.82) is 0 Å². The Balaban J connectivity index is 2.00. The molecule has 0 spiro atoms. The summed E-state index contributed by atoms with van der Waals surface area (Å²) in [5, 5.41) is 19.4. The highest BCUT2D eigenvalue weighted by Crippen LogP contribution is 2.28. The summed E-state index contributed by atoms with van der Waals surface area (Å²) >= 11 is 0. The van der Waals surface area contributed by atoms with Gasteiger partial charge in [-0.1, -0.05) is 6.07 Å². The summed E-state index contributed by atoms with van der Waals surface area (Å²) in [6.45, 7) is 8.21. The Labute approximate surface area is 146 Å². The number of nitrogens with zero attached hydrogens (tertiary/aromatic N) is 1. The number of rotatable bonds is 3. The number of non-ortho nitro benzene ring substituents is 1. The molecule has 1 aliphatic rings. The second-order valence-electron chi connectivity index (χ2n) is 7.73. The Hall–Kier alpha value is -2.48. The summed E-state index contributed by atoms with van der Waals surface area (Å²) in [4.78, 5) is 34.5. The lowest BCUT2D eigenvalue weighted by Gasteiger charge is -2.46. The topological polar surface area (TPSA) is 113 Å². The van der Waals surface area contributed by atoms with E-state index in [0.717, 1.165) is 0 Å². The monoisotopic (exact) mass is 348 g/mol. The Kier molecular flexibility index (Phi) is 5.12. The molecule has 0 radical (unpaired) electrons. The minimum atomic E-state index is -0.838. The minimum absolute atomic E-state index is 0.130. The van der Waals surface area contributed by atoms with Crippen molar-refractivity contribution in [3.8, 4) is 0 Å². The maximum Gasteiger partial charge on any atom is 0.313 e. The number of piperidine rings is 1. The normalized spacial score (nSPS) is 19.0. The Bertz CT molecular complexity index is 684. The maximum atomic E-state index is 12.2. The fraction of sp³-hybridized carbons (Fsp3) is 0.529. The number of nitro groups is 1. The summed E-state index contributed by atoms with van der Waals surface area (Å²) in [7, 11) is 0. The third-order valence-corrected chi connectivity index (χ3v) is 4.05. The first kappa shape index (κ1) is 18.9. The van der Waals surface area contributed by atoms with E-state index in [0.29, 0.717) is 12.8 Å². The molecule has 0 bridgehead atoms. The van der Waals surface area contributed by atoms with E-state index in [9.17, 15) is 19.7 Å². The van der Waals surface area contributed by atoms with Crippen molar-refractivity contribution in [1.82, 2.24) is 10.6 Å². The van der Waals surface area contributed by atoms with Gasteiger partial charge in [-0.2, -0.15) is 0 Å². The molecule has 1 aromatic carbocycles. The molecular weight excluding hydrogens is 324 g/mol. The summed E-state index contributed by atoms with van der Waals surface area (Å²) in [5.74, 6) is -1.58. The molecular formula is C17H24N4O4. The average Bonchev–Trinajstić information content (AvgIpc) is 2.43. The van der Waals surface area contributed by atoms with Crippen LogP contribution in [-0.2, 0) is 9.59 Å². The lowest BCUT2D eigenvalue weighted by molar-refractivity contribution is -0.384. The highest BCUT2D eigenvalue weighted by atomic mass is 16.6. The predicted octanol–water partition coefficient (Wildman–Crippen LogP) is 1.96. The number of hydrogen-bond acceptors (Lipinski definition) is 5. The molecule has 136 valence electrons. The van der Waals surface area contributed by atoms with Crippen LogP contribution in [0.2, 0.25) is 0 Å². The molecule has 8 nitrogen and oxygen atoms in total. The molecule has 0 aliphatic carbocycles.